The second kappa shape index (κ2) is 11.0. The van der Waals surface area contributed by atoms with E-state index in [0.29, 0.717) is 19.3 Å². The monoisotopic (exact) mass is 425 g/mol. The van der Waals surface area contributed by atoms with Gasteiger partial charge in [0.1, 0.15) is 11.5 Å². The van der Waals surface area contributed by atoms with Gasteiger partial charge in [0.15, 0.2) is 0 Å². The minimum atomic E-state index is -1.15. The van der Waals surface area contributed by atoms with E-state index in [1.807, 2.05) is 91.0 Å². The summed E-state index contributed by atoms with van der Waals surface area (Å²) in [6.45, 7) is 0. The predicted octanol–water partition coefficient (Wildman–Crippen LogP) is 4.48. The first kappa shape index (κ1) is 22.8. The Morgan fingerprint density at radius 3 is 1.69 bits per heavy atom. The van der Waals surface area contributed by atoms with Crippen LogP contribution in [0.25, 0.3) is 0 Å². The maximum Gasteiger partial charge on any atom is 0.328 e. The molecule has 0 saturated heterocycles. The fourth-order valence-corrected chi connectivity index (χ4v) is 4.02. The number of hydrogen-bond donors (Lipinski definition) is 1. The number of carbonyl (C=O) groups is 2. The van der Waals surface area contributed by atoms with Crippen LogP contribution in [0.3, 0.4) is 0 Å². The maximum absolute atomic E-state index is 14.2. The number of nitrogens with one attached hydrogen (secondary N) is 1. The van der Waals surface area contributed by atoms with Crippen molar-refractivity contribution in [1.29, 1.82) is 0 Å². The summed E-state index contributed by atoms with van der Waals surface area (Å²) >= 11 is 0. The number of rotatable bonds is 9. The number of carbonyl (C=O) groups excluding carboxylic acids is 2. The molecule has 0 aliphatic carbocycles. The Morgan fingerprint density at radius 1 is 0.875 bits per heavy atom. The lowest BCUT2D eigenvalue weighted by molar-refractivity contribution is -0.145. The molecule has 0 fully saturated rings. The highest BCUT2D eigenvalue weighted by Gasteiger charge is 2.45. The van der Waals surface area contributed by atoms with Gasteiger partial charge in [0.25, 0.3) is 0 Å². The molecule has 1 amide bonds. The Morgan fingerprint density at radius 2 is 1.31 bits per heavy atom. The van der Waals surface area contributed by atoms with Crippen molar-refractivity contribution in [2.24, 2.45) is 0 Å². The first-order valence-corrected chi connectivity index (χ1v) is 10.6. The molecule has 0 aliphatic rings. The molecule has 162 valence electrons. The Labute approximate surface area is 189 Å². The average molecular weight is 426 g/mol. The SMILES string of the molecule is C#CCCC[C@H](NC(=O)C(c1ccccc1)(c1ccccc1)c1ccccc1)C(=O)OC. The zero-order chi connectivity index (χ0) is 22.8. The van der Waals surface area contributed by atoms with Crippen molar-refractivity contribution in [3.63, 3.8) is 0 Å². The molecule has 1 N–H and O–H groups in total. The molecule has 0 bridgehead atoms. The van der Waals surface area contributed by atoms with Crippen LogP contribution >= 0.6 is 0 Å². The molecule has 3 aromatic rings. The fourth-order valence-electron chi connectivity index (χ4n) is 4.02. The van der Waals surface area contributed by atoms with Crippen molar-refractivity contribution in [1.82, 2.24) is 5.32 Å². The van der Waals surface area contributed by atoms with Crippen molar-refractivity contribution in [2.45, 2.75) is 30.7 Å². The van der Waals surface area contributed by atoms with E-state index in [2.05, 4.69) is 11.2 Å². The molecule has 3 rings (SSSR count). The van der Waals surface area contributed by atoms with Gasteiger partial charge in [-0.1, -0.05) is 91.0 Å². The van der Waals surface area contributed by atoms with Crippen LogP contribution in [-0.4, -0.2) is 25.0 Å². The molecule has 4 heteroatoms. The second-order valence-corrected chi connectivity index (χ2v) is 7.49. The standard InChI is InChI=1S/C28H27NO3/c1-3-4-8-21-25(26(30)32-2)29-27(31)28(22-15-9-5-10-16-22,23-17-11-6-12-18-23)24-19-13-7-14-20-24/h1,5-7,9-20,25H,4,8,21H2,2H3,(H,29,31)/t25-/m0/s1. The summed E-state index contributed by atoms with van der Waals surface area (Å²) in [5, 5.41) is 2.98. The number of methoxy groups -OCH3 is 1. The van der Waals surface area contributed by atoms with Gasteiger partial charge in [0, 0.05) is 6.42 Å². The molecule has 32 heavy (non-hydrogen) atoms. The third-order valence-corrected chi connectivity index (χ3v) is 5.57. The summed E-state index contributed by atoms with van der Waals surface area (Å²) in [5.74, 6) is 1.79. The molecule has 0 heterocycles. The van der Waals surface area contributed by atoms with Crippen molar-refractivity contribution >= 4 is 11.9 Å². The van der Waals surface area contributed by atoms with Gasteiger partial charge in [-0.25, -0.2) is 4.79 Å². The van der Waals surface area contributed by atoms with Gasteiger partial charge >= 0.3 is 5.97 Å². The number of benzene rings is 3. The van der Waals surface area contributed by atoms with Gasteiger partial charge in [-0.3, -0.25) is 4.79 Å². The predicted molar refractivity (Wildman–Crippen MR) is 126 cm³/mol. The normalized spacial score (nSPS) is 11.8. The summed E-state index contributed by atoms with van der Waals surface area (Å²) in [6.07, 6.45) is 6.89. The summed E-state index contributed by atoms with van der Waals surface area (Å²) in [7, 11) is 1.32. The number of ether oxygens (including phenoxy) is 1. The van der Waals surface area contributed by atoms with Crippen LogP contribution in [0, 0.1) is 12.3 Å². The fraction of sp³-hybridized carbons (Fsp3) is 0.214. The third kappa shape index (κ3) is 4.73. The van der Waals surface area contributed by atoms with E-state index in [4.69, 9.17) is 11.2 Å². The van der Waals surface area contributed by atoms with Gasteiger partial charge in [-0.2, -0.15) is 0 Å². The molecule has 0 spiro atoms. The van der Waals surface area contributed by atoms with Crippen LogP contribution in [0.2, 0.25) is 0 Å². The van der Waals surface area contributed by atoms with Crippen LogP contribution in [0.15, 0.2) is 91.0 Å². The van der Waals surface area contributed by atoms with Crippen LogP contribution in [0.5, 0.6) is 0 Å². The molecule has 3 aromatic carbocycles. The van der Waals surface area contributed by atoms with Crippen LogP contribution < -0.4 is 5.32 Å². The highest BCUT2D eigenvalue weighted by Crippen LogP contribution is 2.39. The minimum absolute atomic E-state index is 0.294. The molecule has 1 atom stereocenters. The van der Waals surface area contributed by atoms with Gasteiger partial charge in [-0.15, -0.1) is 12.3 Å². The Hall–Kier alpha value is -3.84. The van der Waals surface area contributed by atoms with Gasteiger partial charge in [0.2, 0.25) is 5.91 Å². The lowest BCUT2D eigenvalue weighted by Gasteiger charge is -2.35. The van der Waals surface area contributed by atoms with E-state index >= 15 is 0 Å². The third-order valence-electron chi connectivity index (χ3n) is 5.57. The van der Waals surface area contributed by atoms with Gasteiger partial charge in [0.05, 0.1) is 7.11 Å². The van der Waals surface area contributed by atoms with E-state index in [9.17, 15) is 9.59 Å². The number of amides is 1. The van der Waals surface area contributed by atoms with Crippen molar-refractivity contribution < 1.29 is 14.3 Å². The zero-order valence-corrected chi connectivity index (χ0v) is 18.2. The van der Waals surface area contributed by atoms with Crippen molar-refractivity contribution in [3.05, 3.63) is 108 Å². The van der Waals surface area contributed by atoms with Crippen molar-refractivity contribution in [2.75, 3.05) is 7.11 Å². The summed E-state index contributed by atoms with van der Waals surface area (Å²) in [4.78, 5) is 26.7. The van der Waals surface area contributed by atoms with E-state index in [0.717, 1.165) is 16.7 Å². The highest BCUT2D eigenvalue weighted by atomic mass is 16.5. The largest absolute Gasteiger partial charge is 0.467 e. The van der Waals surface area contributed by atoms with E-state index < -0.39 is 17.4 Å². The lowest BCUT2D eigenvalue weighted by atomic mass is 9.68. The highest BCUT2D eigenvalue weighted by molar-refractivity contribution is 5.98. The van der Waals surface area contributed by atoms with Crippen LogP contribution in [0.4, 0.5) is 0 Å². The summed E-state index contributed by atoms with van der Waals surface area (Å²) < 4.78 is 4.97. The maximum atomic E-state index is 14.2. The summed E-state index contributed by atoms with van der Waals surface area (Å²) in [5.41, 5.74) is 1.27. The van der Waals surface area contributed by atoms with Gasteiger partial charge < -0.3 is 10.1 Å². The van der Waals surface area contributed by atoms with E-state index in [1.165, 1.54) is 7.11 Å². The molecular weight excluding hydrogens is 398 g/mol. The Kier molecular flexibility index (Phi) is 7.83. The topological polar surface area (TPSA) is 55.4 Å². The molecule has 4 nitrogen and oxygen atoms in total. The van der Waals surface area contributed by atoms with Crippen molar-refractivity contribution in [3.8, 4) is 12.3 Å². The number of terminal acetylenes is 1. The van der Waals surface area contributed by atoms with Crippen LogP contribution in [0.1, 0.15) is 36.0 Å². The Balaban J connectivity index is 2.16. The minimum Gasteiger partial charge on any atom is -0.467 e. The Bertz CT molecular complexity index is 959. The number of unbranched alkanes of at least 4 members (excludes halogenated alkanes) is 1. The number of hydrogen-bond acceptors (Lipinski definition) is 3. The molecule has 0 saturated carbocycles. The molecule has 0 radical (unpaired) electrons. The van der Waals surface area contributed by atoms with E-state index in [1.54, 1.807) is 0 Å². The molecule has 0 aliphatic heterocycles. The van der Waals surface area contributed by atoms with Gasteiger partial charge in [-0.05, 0) is 29.5 Å². The zero-order valence-electron chi connectivity index (χ0n) is 18.2. The average Bonchev–Trinajstić information content (AvgIpc) is 2.85. The first-order valence-electron chi connectivity index (χ1n) is 10.6. The first-order chi connectivity index (χ1) is 15.6. The smallest absolute Gasteiger partial charge is 0.328 e. The molecular formula is C28H27NO3. The van der Waals surface area contributed by atoms with E-state index in [-0.39, 0.29) is 5.91 Å². The molecule has 0 aromatic heterocycles. The lowest BCUT2D eigenvalue weighted by Crippen LogP contribution is -2.52. The quantitative estimate of drug-likeness (QED) is 0.238. The van der Waals surface area contributed by atoms with Crippen LogP contribution in [-0.2, 0) is 19.7 Å². The second-order valence-electron chi connectivity index (χ2n) is 7.49. The number of esters is 1. The summed E-state index contributed by atoms with van der Waals surface area (Å²) in [6, 6.07) is 28.0. The molecule has 0 unspecified atom stereocenters.